The summed E-state index contributed by atoms with van der Waals surface area (Å²) in [7, 11) is 2.00. The first-order chi connectivity index (χ1) is 7.04. The Kier molecular flexibility index (Phi) is 4.36. The number of halogens is 1. The van der Waals surface area contributed by atoms with Gasteiger partial charge in [-0.15, -0.1) is 0 Å². The highest BCUT2D eigenvalue weighted by molar-refractivity contribution is 9.10. The molecule has 0 atom stereocenters. The minimum Gasteiger partial charge on any atom is -0.392 e. The molecule has 82 valence electrons. The lowest BCUT2D eigenvalue weighted by molar-refractivity contribution is 0.282. The Hall–Kier alpha value is -0.800. The van der Waals surface area contributed by atoms with E-state index < -0.39 is 0 Å². The molecule has 0 spiro atoms. The summed E-state index contributed by atoms with van der Waals surface area (Å²) in [6.07, 6.45) is 0. The van der Waals surface area contributed by atoms with Gasteiger partial charge in [0.25, 0.3) is 0 Å². The highest BCUT2D eigenvalue weighted by atomic mass is 79.9. The summed E-state index contributed by atoms with van der Waals surface area (Å²) in [6, 6.07) is 5.87. The second-order valence-electron chi connectivity index (χ2n) is 3.74. The third-order valence-electron chi connectivity index (χ3n) is 2.14. The first-order valence-corrected chi connectivity index (χ1v) is 5.58. The van der Waals surface area contributed by atoms with Crippen molar-refractivity contribution in [2.24, 2.45) is 0 Å². The van der Waals surface area contributed by atoms with Crippen LogP contribution < -0.4 is 4.90 Å². The van der Waals surface area contributed by atoms with Crippen LogP contribution in [0, 0.1) is 0 Å². The van der Waals surface area contributed by atoms with E-state index in [2.05, 4.69) is 27.4 Å². The summed E-state index contributed by atoms with van der Waals surface area (Å²) in [4.78, 5) is 2.08. The van der Waals surface area contributed by atoms with Gasteiger partial charge in [0.2, 0.25) is 0 Å². The fourth-order valence-electron chi connectivity index (χ4n) is 1.52. The van der Waals surface area contributed by atoms with Crippen LogP contribution in [0.1, 0.15) is 12.5 Å². The van der Waals surface area contributed by atoms with Gasteiger partial charge >= 0.3 is 0 Å². The molecule has 2 nitrogen and oxygen atoms in total. The van der Waals surface area contributed by atoms with Crippen molar-refractivity contribution in [3.8, 4) is 0 Å². The van der Waals surface area contributed by atoms with Gasteiger partial charge in [0.15, 0.2) is 0 Å². The lowest BCUT2D eigenvalue weighted by Crippen LogP contribution is -2.20. The SMILES string of the molecule is C=C(C)CN(C)c1cc(Br)ccc1CO. The topological polar surface area (TPSA) is 23.5 Å². The summed E-state index contributed by atoms with van der Waals surface area (Å²) in [5.41, 5.74) is 3.07. The van der Waals surface area contributed by atoms with Crippen LogP contribution in [0.5, 0.6) is 0 Å². The molecular formula is C12H16BrNO. The molecule has 3 heteroatoms. The van der Waals surface area contributed by atoms with Gasteiger partial charge in [-0.25, -0.2) is 0 Å². The van der Waals surface area contributed by atoms with Gasteiger partial charge in [-0.3, -0.25) is 0 Å². The molecule has 0 aliphatic carbocycles. The molecule has 1 aromatic carbocycles. The Balaban J connectivity index is 2.99. The lowest BCUT2D eigenvalue weighted by atomic mass is 10.1. The van der Waals surface area contributed by atoms with Crippen LogP contribution in [-0.2, 0) is 6.61 Å². The molecular weight excluding hydrogens is 254 g/mol. The van der Waals surface area contributed by atoms with E-state index in [0.29, 0.717) is 0 Å². The van der Waals surface area contributed by atoms with Gasteiger partial charge in [-0.2, -0.15) is 0 Å². The first kappa shape index (κ1) is 12.3. The summed E-state index contributed by atoms with van der Waals surface area (Å²) < 4.78 is 1.02. The van der Waals surface area contributed by atoms with Crippen molar-refractivity contribution in [2.75, 3.05) is 18.5 Å². The summed E-state index contributed by atoms with van der Waals surface area (Å²) in [5.74, 6) is 0. The average molecular weight is 270 g/mol. The highest BCUT2D eigenvalue weighted by Crippen LogP contribution is 2.24. The predicted molar refractivity (Wildman–Crippen MR) is 68.1 cm³/mol. The predicted octanol–water partition coefficient (Wildman–Crippen LogP) is 2.95. The fourth-order valence-corrected chi connectivity index (χ4v) is 1.87. The van der Waals surface area contributed by atoms with Crippen LogP contribution in [0.2, 0.25) is 0 Å². The van der Waals surface area contributed by atoms with E-state index in [4.69, 9.17) is 0 Å². The number of rotatable bonds is 4. The van der Waals surface area contributed by atoms with Crippen molar-refractivity contribution >= 4 is 21.6 Å². The molecule has 15 heavy (non-hydrogen) atoms. The van der Waals surface area contributed by atoms with Crippen LogP contribution in [0.15, 0.2) is 34.8 Å². The molecule has 1 rings (SSSR count). The van der Waals surface area contributed by atoms with E-state index in [9.17, 15) is 5.11 Å². The number of anilines is 1. The van der Waals surface area contributed by atoms with Crippen LogP contribution in [-0.4, -0.2) is 18.7 Å². The molecule has 0 heterocycles. The minimum absolute atomic E-state index is 0.0587. The second kappa shape index (κ2) is 5.33. The van der Waals surface area contributed by atoms with E-state index in [1.807, 2.05) is 32.2 Å². The van der Waals surface area contributed by atoms with Crippen molar-refractivity contribution in [3.63, 3.8) is 0 Å². The number of aliphatic hydroxyl groups is 1. The number of nitrogens with zero attached hydrogens (tertiary/aromatic N) is 1. The smallest absolute Gasteiger partial charge is 0.0702 e. The highest BCUT2D eigenvalue weighted by Gasteiger charge is 2.07. The van der Waals surface area contributed by atoms with E-state index in [-0.39, 0.29) is 6.61 Å². The number of hydrogen-bond donors (Lipinski definition) is 1. The maximum atomic E-state index is 9.23. The zero-order valence-electron chi connectivity index (χ0n) is 9.13. The van der Waals surface area contributed by atoms with Crippen molar-refractivity contribution in [2.45, 2.75) is 13.5 Å². The van der Waals surface area contributed by atoms with Crippen LogP contribution in [0.25, 0.3) is 0 Å². The standard InChI is InChI=1S/C12H16BrNO/c1-9(2)7-14(3)12-6-11(13)5-4-10(12)8-15/h4-6,15H,1,7-8H2,2-3H3. The molecule has 0 aliphatic heterocycles. The zero-order valence-corrected chi connectivity index (χ0v) is 10.7. The Labute approximate surface area is 99.4 Å². The number of benzene rings is 1. The molecule has 0 fully saturated rings. The summed E-state index contributed by atoms with van der Waals surface area (Å²) in [6.45, 7) is 6.73. The Bertz CT molecular complexity index is 363. The monoisotopic (exact) mass is 269 g/mol. The molecule has 0 aromatic heterocycles. The molecule has 0 unspecified atom stereocenters. The quantitative estimate of drug-likeness (QED) is 0.850. The zero-order chi connectivity index (χ0) is 11.4. The Morgan fingerprint density at radius 3 is 2.73 bits per heavy atom. The fraction of sp³-hybridized carbons (Fsp3) is 0.333. The van der Waals surface area contributed by atoms with Crippen LogP contribution in [0.4, 0.5) is 5.69 Å². The lowest BCUT2D eigenvalue weighted by Gasteiger charge is -2.22. The van der Waals surface area contributed by atoms with Gasteiger partial charge in [-0.1, -0.05) is 34.1 Å². The van der Waals surface area contributed by atoms with Crippen molar-refractivity contribution in [1.29, 1.82) is 0 Å². The summed E-state index contributed by atoms with van der Waals surface area (Å²) in [5, 5.41) is 9.23. The molecule has 0 saturated heterocycles. The molecule has 0 aliphatic rings. The van der Waals surface area contributed by atoms with Gasteiger partial charge in [0, 0.05) is 29.3 Å². The van der Waals surface area contributed by atoms with Crippen LogP contribution >= 0.6 is 15.9 Å². The van der Waals surface area contributed by atoms with Crippen molar-refractivity contribution in [1.82, 2.24) is 0 Å². The summed E-state index contributed by atoms with van der Waals surface area (Å²) >= 11 is 3.43. The van der Waals surface area contributed by atoms with Crippen LogP contribution in [0.3, 0.4) is 0 Å². The van der Waals surface area contributed by atoms with Crippen molar-refractivity contribution < 1.29 is 5.11 Å². The normalized spacial score (nSPS) is 10.1. The first-order valence-electron chi connectivity index (χ1n) is 4.79. The average Bonchev–Trinajstić information content (AvgIpc) is 2.16. The molecule has 0 radical (unpaired) electrons. The molecule has 1 aromatic rings. The largest absolute Gasteiger partial charge is 0.392 e. The molecule has 1 N–H and O–H groups in total. The third kappa shape index (κ3) is 3.36. The molecule has 0 amide bonds. The molecule has 0 saturated carbocycles. The number of likely N-dealkylation sites (N-methyl/N-ethyl adjacent to an activating group) is 1. The number of hydrogen-bond acceptors (Lipinski definition) is 2. The maximum absolute atomic E-state index is 9.23. The third-order valence-corrected chi connectivity index (χ3v) is 2.63. The van der Waals surface area contributed by atoms with E-state index in [1.165, 1.54) is 0 Å². The van der Waals surface area contributed by atoms with E-state index in [1.54, 1.807) is 0 Å². The van der Waals surface area contributed by atoms with Gasteiger partial charge in [0.05, 0.1) is 6.61 Å². The Morgan fingerprint density at radius 1 is 1.53 bits per heavy atom. The maximum Gasteiger partial charge on any atom is 0.0702 e. The molecule has 0 bridgehead atoms. The number of aliphatic hydroxyl groups excluding tert-OH is 1. The second-order valence-corrected chi connectivity index (χ2v) is 4.66. The Morgan fingerprint density at radius 2 is 2.20 bits per heavy atom. The minimum atomic E-state index is 0.0587. The van der Waals surface area contributed by atoms with Gasteiger partial charge in [0.1, 0.15) is 0 Å². The van der Waals surface area contributed by atoms with Crippen molar-refractivity contribution in [3.05, 3.63) is 40.4 Å². The van der Waals surface area contributed by atoms with Gasteiger partial charge in [-0.05, 0) is 19.1 Å². The van der Waals surface area contributed by atoms with E-state index >= 15 is 0 Å². The van der Waals surface area contributed by atoms with E-state index in [0.717, 1.165) is 27.8 Å². The van der Waals surface area contributed by atoms with Gasteiger partial charge < -0.3 is 10.0 Å².